The predicted molar refractivity (Wildman–Crippen MR) is 45.7 cm³/mol. The second kappa shape index (κ2) is 4.29. The summed E-state index contributed by atoms with van der Waals surface area (Å²) >= 11 is 5.86. The molecule has 0 aliphatic carbocycles. The summed E-state index contributed by atoms with van der Waals surface area (Å²) in [4.78, 5) is 0. The third kappa shape index (κ3) is 2.46. The Hall–Kier alpha value is -0.630. The van der Waals surface area contributed by atoms with E-state index in [0.717, 1.165) is 30.0 Å². The number of unbranched alkanes of at least 4 members (excludes halogenated alkanes) is 1. The molecule has 0 amide bonds. The first-order chi connectivity index (χ1) is 5.34. The highest BCUT2D eigenvalue weighted by Gasteiger charge is 1.99. The first kappa shape index (κ1) is 8.47. The van der Waals surface area contributed by atoms with Crippen LogP contribution in [0.15, 0.2) is 12.3 Å². The standard InChI is InChI=1S/C8H11ClN2/c1-2-3-4-8-7(9)5-6-10-11-8/h5-6H,2-4H2,1H3. The lowest BCUT2D eigenvalue weighted by Gasteiger charge is -1.98. The van der Waals surface area contributed by atoms with E-state index in [-0.39, 0.29) is 0 Å². The van der Waals surface area contributed by atoms with Gasteiger partial charge in [0, 0.05) is 0 Å². The Balaban J connectivity index is 2.62. The van der Waals surface area contributed by atoms with Gasteiger partial charge < -0.3 is 0 Å². The molecular formula is C8H11ClN2. The Morgan fingerprint density at radius 3 is 3.00 bits per heavy atom. The van der Waals surface area contributed by atoms with E-state index in [4.69, 9.17) is 11.6 Å². The van der Waals surface area contributed by atoms with Gasteiger partial charge in [0.05, 0.1) is 16.9 Å². The molecule has 0 atom stereocenters. The lowest BCUT2D eigenvalue weighted by molar-refractivity contribution is 0.760. The lowest BCUT2D eigenvalue weighted by Crippen LogP contribution is -1.92. The van der Waals surface area contributed by atoms with Crippen LogP contribution in [0.3, 0.4) is 0 Å². The van der Waals surface area contributed by atoms with Gasteiger partial charge in [0.15, 0.2) is 0 Å². The summed E-state index contributed by atoms with van der Waals surface area (Å²) in [6, 6.07) is 1.78. The summed E-state index contributed by atoms with van der Waals surface area (Å²) in [5, 5.41) is 8.43. The molecule has 11 heavy (non-hydrogen) atoms. The lowest BCUT2D eigenvalue weighted by atomic mass is 10.2. The van der Waals surface area contributed by atoms with Crippen molar-refractivity contribution in [2.45, 2.75) is 26.2 Å². The average molecular weight is 171 g/mol. The van der Waals surface area contributed by atoms with Crippen LogP contribution in [0, 0.1) is 0 Å². The van der Waals surface area contributed by atoms with Crippen molar-refractivity contribution in [1.29, 1.82) is 0 Å². The van der Waals surface area contributed by atoms with Crippen LogP contribution in [0.4, 0.5) is 0 Å². The number of halogens is 1. The molecule has 0 saturated heterocycles. The Morgan fingerprint density at radius 2 is 2.36 bits per heavy atom. The van der Waals surface area contributed by atoms with Crippen LogP contribution in [0.2, 0.25) is 5.02 Å². The quantitative estimate of drug-likeness (QED) is 0.697. The zero-order valence-corrected chi connectivity index (χ0v) is 7.30. The van der Waals surface area contributed by atoms with Gasteiger partial charge in [0.2, 0.25) is 0 Å². The minimum Gasteiger partial charge on any atom is -0.159 e. The van der Waals surface area contributed by atoms with Crippen LogP contribution in [-0.4, -0.2) is 10.2 Å². The molecule has 0 saturated carbocycles. The van der Waals surface area contributed by atoms with E-state index in [1.807, 2.05) is 0 Å². The van der Waals surface area contributed by atoms with Gasteiger partial charge in [-0.25, -0.2) is 0 Å². The van der Waals surface area contributed by atoms with Crippen molar-refractivity contribution < 1.29 is 0 Å². The fourth-order valence-electron chi connectivity index (χ4n) is 0.859. The molecule has 0 fully saturated rings. The molecule has 1 heterocycles. The second-order valence-electron chi connectivity index (χ2n) is 2.43. The zero-order valence-electron chi connectivity index (χ0n) is 6.55. The van der Waals surface area contributed by atoms with Crippen molar-refractivity contribution in [2.24, 2.45) is 0 Å². The van der Waals surface area contributed by atoms with E-state index in [1.165, 1.54) is 0 Å². The van der Waals surface area contributed by atoms with Gasteiger partial charge in [0.25, 0.3) is 0 Å². The first-order valence-electron chi connectivity index (χ1n) is 3.80. The Morgan fingerprint density at radius 1 is 1.55 bits per heavy atom. The molecule has 1 aromatic rings. The molecule has 2 nitrogen and oxygen atoms in total. The topological polar surface area (TPSA) is 25.8 Å². The summed E-state index contributed by atoms with van der Waals surface area (Å²) in [6.45, 7) is 2.14. The molecule has 3 heteroatoms. The monoisotopic (exact) mass is 170 g/mol. The molecule has 0 spiro atoms. The largest absolute Gasteiger partial charge is 0.159 e. The van der Waals surface area contributed by atoms with Crippen molar-refractivity contribution in [3.05, 3.63) is 23.0 Å². The smallest absolute Gasteiger partial charge is 0.0816 e. The molecule has 0 bridgehead atoms. The fourth-order valence-corrected chi connectivity index (χ4v) is 1.05. The first-order valence-corrected chi connectivity index (χ1v) is 4.18. The van der Waals surface area contributed by atoms with Gasteiger partial charge in [-0.2, -0.15) is 10.2 Å². The van der Waals surface area contributed by atoms with Crippen LogP contribution < -0.4 is 0 Å². The van der Waals surface area contributed by atoms with E-state index >= 15 is 0 Å². The number of hydrogen-bond donors (Lipinski definition) is 0. The fraction of sp³-hybridized carbons (Fsp3) is 0.500. The van der Waals surface area contributed by atoms with Crippen LogP contribution >= 0.6 is 11.6 Å². The van der Waals surface area contributed by atoms with Gasteiger partial charge in [-0.05, 0) is 18.9 Å². The molecule has 0 aliphatic heterocycles. The number of hydrogen-bond acceptors (Lipinski definition) is 2. The summed E-state index contributed by atoms with van der Waals surface area (Å²) < 4.78 is 0. The third-order valence-electron chi connectivity index (χ3n) is 1.51. The maximum absolute atomic E-state index is 5.86. The molecule has 0 aromatic carbocycles. The number of nitrogens with zero attached hydrogens (tertiary/aromatic N) is 2. The highest BCUT2D eigenvalue weighted by molar-refractivity contribution is 6.31. The predicted octanol–water partition coefficient (Wildman–Crippen LogP) is 2.47. The summed E-state index contributed by atoms with van der Waals surface area (Å²) in [6.07, 6.45) is 4.83. The van der Waals surface area contributed by atoms with Crippen LogP contribution in [-0.2, 0) is 6.42 Å². The van der Waals surface area contributed by atoms with E-state index in [1.54, 1.807) is 12.3 Å². The maximum atomic E-state index is 5.86. The molecule has 0 radical (unpaired) electrons. The Kier molecular flexibility index (Phi) is 3.30. The average Bonchev–Trinajstić information content (AvgIpc) is 2.03. The van der Waals surface area contributed by atoms with Crippen LogP contribution in [0.25, 0.3) is 0 Å². The zero-order chi connectivity index (χ0) is 8.10. The Labute approximate surface area is 71.6 Å². The molecule has 1 rings (SSSR count). The maximum Gasteiger partial charge on any atom is 0.0816 e. The van der Waals surface area contributed by atoms with E-state index in [0.29, 0.717) is 0 Å². The number of rotatable bonds is 3. The highest BCUT2D eigenvalue weighted by atomic mass is 35.5. The van der Waals surface area contributed by atoms with Crippen LogP contribution in [0.1, 0.15) is 25.5 Å². The molecule has 0 aliphatic rings. The van der Waals surface area contributed by atoms with E-state index < -0.39 is 0 Å². The van der Waals surface area contributed by atoms with Crippen molar-refractivity contribution >= 4 is 11.6 Å². The molecule has 60 valence electrons. The van der Waals surface area contributed by atoms with Crippen molar-refractivity contribution in [1.82, 2.24) is 10.2 Å². The van der Waals surface area contributed by atoms with Crippen molar-refractivity contribution in [3.8, 4) is 0 Å². The molecule has 0 unspecified atom stereocenters. The normalized spacial score (nSPS) is 10.0. The molecular weight excluding hydrogens is 160 g/mol. The minimum absolute atomic E-state index is 0.730. The van der Waals surface area contributed by atoms with Crippen LogP contribution in [0.5, 0.6) is 0 Å². The van der Waals surface area contributed by atoms with Gasteiger partial charge in [-0.1, -0.05) is 24.9 Å². The van der Waals surface area contributed by atoms with Gasteiger partial charge in [-0.3, -0.25) is 0 Å². The van der Waals surface area contributed by atoms with E-state index in [2.05, 4.69) is 17.1 Å². The van der Waals surface area contributed by atoms with Gasteiger partial charge in [0.1, 0.15) is 0 Å². The number of aromatic nitrogens is 2. The Bertz CT molecular complexity index is 225. The minimum atomic E-state index is 0.730. The summed E-state index contributed by atoms with van der Waals surface area (Å²) in [5.74, 6) is 0. The SMILES string of the molecule is CCCCc1nnccc1Cl. The third-order valence-corrected chi connectivity index (χ3v) is 1.85. The summed E-state index contributed by atoms with van der Waals surface area (Å²) in [5.41, 5.74) is 0.913. The van der Waals surface area contributed by atoms with E-state index in [9.17, 15) is 0 Å². The summed E-state index contributed by atoms with van der Waals surface area (Å²) in [7, 11) is 0. The van der Waals surface area contributed by atoms with Crippen molar-refractivity contribution in [2.75, 3.05) is 0 Å². The van der Waals surface area contributed by atoms with Crippen molar-refractivity contribution in [3.63, 3.8) is 0 Å². The highest BCUT2D eigenvalue weighted by Crippen LogP contribution is 2.12. The van der Waals surface area contributed by atoms with Gasteiger partial charge >= 0.3 is 0 Å². The molecule has 0 N–H and O–H groups in total. The van der Waals surface area contributed by atoms with Gasteiger partial charge in [-0.15, -0.1) is 0 Å². The molecule has 1 aromatic heterocycles. The number of aryl methyl sites for hydroxylation is 1. The second-order valence-corrected chi connectivity index (χ2v) is 2.84.